The van der Waals surface area contributed by atoms with Crippen LogP contribution in [0.25, 0.3) is 5.65 Å². The van der Waals surface area contributed by atoms with Crippen molar-refractivity contribution in [3.05, 3.63) is 12.1 Å². The van der Waals surface area contributed by atoms with Gasteiger partial charge in [-0.05, 0) is 22.6 Å². The molecule has 2 heterocycles. The molecule has 8 heteroatoms. The predicted octanol–water partition coefficient (Wildman–Crippen LogP) is -0.896. The van der Waals surface area contributed by atoms with Crippen LogP contribution < -0.4 is 5.32 Å². The van der Waals surface area contributed by atoms with Crippen molar-refractivity contribution in [3.63, 3.8) is 0 Å². The lowest BCUT2D eigenvalue weighted by Crippen LogP contribution is -2.16. The third-order valence-corrected chi connectivity index (χ3v) is 1.71. The maximum absolute atomic E-state index is 10.8. The maximum atomic E-state index is 10.8. The standard InChI is InChI=1S/C7H8N6O2/c1-15-7(14)4-8-5-2-3-6-9-11-12-13(6)10-5/h2-3H,4H2,1H3,(H,8,10). The molecule has 0 fully saturated rings. The van der Waals surface area contributed by atoms with Crippen LogP contribution in [0.2, 0.25) is 0 Å². The van der Waals surface area contributed by atoms with E-state index in [0.717, 1.165) is 0 Å². The fraction of sp³-hybridized carbons (Fsp3) is 0.286. The number of rotatable bonds is 3. The van der Waals surface area contributed by atoms with Crippen molar-refractivity contribution >= 4 is 17.4 Å². The summed E-state index contributed by atoms with van der Waals surface area (Å²) in [7, 11) is 1.32. The average Bonchev–Trinajstić information content (AvgIpc) is 2.72. The summed E-state index contributed by atoms with van der Waals surface area (Å²) in [6.07, 6.45) is 0. The number of carbonyl (C=O) groups is 1. The van der Waals surface area contributed by atoms with E-state index >= 15 is 0 Å². The van der Waals surface area contributed by atoms with Crippen LogP contribution in [-0.4, -0.2) is 44.9 Å². The van der Waals surface area contributed by atoms with Crippen molar-refractivity contribution in [1.29, 1.82) is 0 Å². The highest BCUT2D eigenvalue weighted by atomic mass is 16.5. The van der Waals surface area contributed by atoms with Gasteiger partial charge in [0, 0.05) is 0 Å². The van der Waals surface area contributed by atoms with Gasteiger partial charge in [-0.15, -0.1) is 14.8 Å². The molecule has 2 aromatic heterocycles. The van der Waals surface area contributed by atoms with Gasteiger partial charge in [-0.25, -0.2) is 0 Å². The lowest BCUT2D eigenvalue weighted by Gasteiger charge is -2.02. The van der Waals surface area contributed by atoms with Crippen molar-refractivity contribution in [1.82, 2.24) is 25.3 Å². The first-order chi connectivity index (χ1) is 7.29. The molecule has 0 saturated carbocycles. The monoisotopic (exact) mass is 208 g/mol. The van der Waals surface area contributed by atoms with Crippen LogP contribution in [0.4, 0.5) is 5.82 Å². The molecule has 0 aliphatic rings. The molecule has 2 rings (SSSR count). The first-order valence-corrected chi connectivity index (χ1v) is 4.16. The molecule has 15 heavy (non-hydrogen) atoms. The Bertz CT molecular complexity index is 481. The summed E-state index contributed by atoms with van der Waals surface area (Å²) < 4.78 is 5.73. The molecule has 0 amide bonds. The minimum Gasteiger partial charge on any atom is -0.468 e. The van der Waals surface area contributed by atoms with Crippen molar-refractivity contribution in [2.75, 3.05) is 19.0 Å². The third-order valence-electron chi connectivity index (χ3n) is 1.71. The van der Waals surface area contributed by atoms with E-state index in [9.17, 15) is 4.79 Å². The second-order valence-corrected chi connectivity index (χ2v) is 2.67. The number of nitrogens with one attached hydrogen (secondary N) is 1. The van der Waals surface area contributed by atoms with E-state index in [0.29, 0.717) is 11.5 Å². The quantitative estimate of drug-likeness (QED) is 0.653. The highest BCUT2D eigenvalue weighted by Crippen LogP contribution is 2.02. The fourth-order valence-electron chi connectivity index (χ4n) is 0.979. The van der Waals surface area contributed by atoms with Crippen LogP contribution in [0.15, 0.2) is 12.1 Å². The van der Waals surface area contributed by atoms with E-state index in [1.807, 2.05) is 0 Å². The Balaban J connectivity index is 2.11. The number of hydrogen-bond acceptors (Lipinski definition) is 7. The van der Waals surface area contributed by atoms with Gasteiger partial charge in [0.1, 0.15) is 12.4 Å². The first kappa shape index (κ1) is 9.31. The van der Waals surface area contributed by atoms with Gasteiger partial charge in [-0.2, -0.15) is 0 Å². The highest BCUT2D eigenvalue weighted by molar-refractivity contribution is 5.74. The van der Waals surface area contributed by atoms with E-state index < -0.39 is 0 Å². The van der Waals surface area contributed by atoms with E-state index in [1.54, 1.807) is 12.1 Å². The van der Waals surface area contributed by atoms with Crippen molar-refractivity contribution in [2.45, 2.75) is 0 Å². The Morgan fingerprint density at radius 3 is 3.27 bits per heavy atom. The zero-order valence-corrected chi connectivity index (χ0v) is 7.91. The van der Waals surface area contributed by atoms with E-state index in [1.165, 1.54) is 11.7 Å². The van der Waals surface area contributed by atoms with Gasteiger partial charge >= 0.3 is 5.97 Å². The number of hydrogen-bond donors (Lipinski definition) is 1. The Labute approximate surface area is 84.2 Å². The van der Waals surface area contributed by atoms with Gasteiger partial charge < -0.3 is 10.1 Å². The predicted molar refractivity (Wildman–Crippen MR) is 49.1 cm³/mol. The normalized spacial score (nSPS) is 10.2. The minimum absolute atomic E-state index is 0.0527. The van der Waals surface area contributed by atoms with Gasteiger partial charge in [-0.1, -0.05) is 0 Å². The molecule has 0 bridgehead atoms. The Hall–Kier alpha value is -2.25. The molecule has 0 unspecified atom stereocenters. The summed E-state index contributed by atoms with van der Waals surface area (Å²) in [6.45, 7) is 0.0527. The summed E-state index contributed by atoms with van der Waals surface area (Å²) in [5.74, 6) is 0.133. The number of carbonyl (C=O) groups excluding carboxylic acids is 1. The summed E-state index contributed by atoms with van der Waals surface area (Å²) in [6, 6.07) is 3.36. The van der Waals surface area contributed by atoms with Crippen LogP contribution in [-0.2, 0) is 9.53 Å². The molecule has 78 valence electrons. The summed E-state index contributed by atoms with van der Waals surface area (Å²) in [4.78, 5) is 10.8. The van der Waals surface area contributed by atoms with Gasteiger partial charge in [0.2, 0.25) is 0 Å². The average molecular weight is 208 g/mol. The Morgan fingerprint density at radius 1 is 1.60 bits per heavy atom. The molecule has 0 radical (unpaired) electrons. The molecule has 0 aliphatic heterocycles. The number of methoxy groups -OCH3 is 1. The molecule has 2 aromatic rings. The van der Waals surface area contributed by atoms with Crippen LogP contribution in [0.1, 0.15) is 0 Å². The van der Waals surface area contributed by atoms with E-state index in [4.69, 9.17) is 0 Å². The molecule has 0 atom stereocenters. The van der Waals surface area contributed by atoms with Crippen LogP contribution in [0, 0.1) is 0 Å². The van der Waals surface area contributed by atoms with Crippen molar-refractivity contribution < 1.29 is 9.53 Å². The zero-order chi connectivity index (χ0) is 10.7. The number of nitrogens with zero attached hydrogens (tertiary/aromatic N) is 5. The Kier molecular flexibility index (Phi) is 2.40. The second kappa shape index (κ2) is 3.86. The second-order valence-electron chi connectivity index (χ2n) is 2.67. The summed E-state index contributed by atoms with van der Waals surface area (Å²) >= 11 is 0. The smallest absolute Gasteiger partial charge is 0.325 e. The van der Waals surface area contributed by atoms with Gasteiger partial charge in [0.25, 0.3) is 0 Å². The number of ether oxygens (including phenoxy) is 1. The lowest BCUT2D eigenvalue weighted by atomic mass is 10.5. The topological polar surface area (TPSA) is 94.3 Å². The number of tetrazole rings is 1. The Morgan fingerprint density at radius 2 is 2.47 bits per heavy atom. The third kappa shape index (κ3) is 1.98. The molecular weight excluding hydrogens is 200 g/mol. The molecule has 0 aliphatic carbocycles. The van der Waals surface area contributed by atoms with E-state index in [2.05, 4.69) is 30.7 Å². The molecule has 8 nitrogen and oxygen atoms in total. The van der Waals surface area contributed by atoms with Crippen LogP contribution >= 0.6 is 0 Å². The number of esters is 1. The summed E-state index contributed by atoms with van der Waals surface area (Å²) in [5.41, 5.74) is 0.540. The van der Waals surface area contributed by atoms with Crippen molar-refractivity contribution in [2.24, 2.45) is 0 Å². The van der Waals surface area contributed by atoms with E-state index in [-0.39, 0.29) is 12.5 Å². The minimum atomic E-state index is -0.367. The maximum Gasteiger partial charge on any atom is 0.325 e. The zero-order valence-electron chi connectivity index (χ0n) is 7.91. The SMILES string of the molecule is COC(=O)CNc1ccc2nnnn2n1. The van der Waals surface area contributed by atoms with Crippen molar-refractivity contribution in [3.8, 4) is 0 Å². The molecule has 0 aromatic carbocycles. The number of fused-ring (bicyclic) bond motifs is 1. The number of aromatic nitrogens is 5. The largest absolute Gasteiger partial charge is 0.468 e. The fourth-order valence-corrected chi connectivity index (χ4v) is 0.979. The number of anilines is 1. The summed E-state index contributed by atoms with van der Waals surface area (Å²) in [5, 5.41) is 17.5. The van der Waals surface area contributed by atoms with Gasteiger partial charge in [0.15, 0.2) is 5.65 Å². The molecule has 0 saturated heterocycles. The van der Waals surface area contributed by atoms with Gasteiger partial charge in [0.05, 0.1) is 7.11 Å². The highest BCUT2D eigenvalue weighted by Gasteiger charge is 2.02. The first-order valence-electron chi connectivity index (χ1n) is 4.16. The molecular formula is C7H8N6O2. The van der Waals surface area contributed by atoms with Crippen LogP contribution in [0.5, 0.6) is 0 Å². The van der Waals surface area contributed by atoms with Gasteiger partial charge in [-0.3, -0.25) is 4.79 Å². The molecule has 0 spiro atoms. The lowest BCUT2D eigenvalue weighted by molar-refractivity contribution is -0.138. The molecule has 1 N–H and O–H groups in total. The van der Waals surface area contributed by atoms with Crippen LogP contribution in [0.3, 0.4) is 0 Å².